The van der Waals surface area contributed by atoms with Gasteiger partial charge in [0.25, 0.3) is 0 Å². The molecule has 1 aliphatic rings. The number of fused-ring (bicyclic) bond motifs is 1. The van der Waals surface area contributed by atoms with Gasteiger partial charge in [-0.1, -0.05) is 35.0 Å². The maximum Gasteiger partial charge on any atom is 0.123 e. The highest BCUT2D eigenvalue weighted by atomic mass is 79.9. The van der Waals surface area contributed by atoms with Crippen LogP contribution in [0.5, 0.6) is 5.75 Å². The van der Waals surface area contributed by atoms with E-state index in [0.717, 1.165) is 35.4 Å². The number of hydrogen-bond donors (Lipinski definition) is 1. The van der Waals surface area contributed by atoms with Crippen LogP contribution in [0.25, 0.3) is 0 Å². The van der Waals surface area contributed by atoms with Crippen LogP contribution in [0.15, 0.2) is 28.9 Å². The van der Waals surface area contributed by atoms with Crippen molar-refractivity contribution in [3.8, 4) is 5.75 Å². The second-order valence-corrected chi connectivity index (χ2v) is 6.58. The van der Waals surface area contributed by atoms with Crippen molar-refractivity contribution >= 4 is 15.9 Å². The van der Waals surface area contributed by atoms with Crippen LogP contribution in [0, 0.1) is 0 Å². The summed E-state index contributed by atoms with van der Waals surface area (Å²) in [7, 11) is 0. The standard InChI is InChI=1S/C15H19BrN4O/c1-10(2)17-7-13-8-20(19-18-13)9-14-6-11-5-12(16)3-4-15(11)21-14/h3-5,8,10,14,17H,6-7,9H2,1-2H3. The number of rotatable bonds is 5. The van der Waals surface area contributed by atoms with E-state index >= 15 is 0 Å². The van der Waals surface area contributed by atoms with E-state index in [1.54, 1.807) is 0 Å². The Morgan fingerprint density at radius 3 is 3.14 bits per heavy atom. The minimum Gasteiger partial charge on any atom is -0.488 e. The molecule has 0 spiro atoms. The molecular weight excluding hydrogens is 332 g/mol. The van der Waals surface area contributed by atoms with Gasteiger partial charge >= 0.3 is 0 Å². The summed E-state index contributed by atoms with van der Waals surface area (Å²) >= 11 is 3.49. The van der Waals surface area contributed by atoms with E-state index in [1.165, 1.54) is 5.56 Å². The fraction of sp³-hybridized carbons (Fsp3) is 0.467. The average molecular weight is 351 g/mol. The van der Waals surface area contributed by atoms with Gasteiger partial charge in [-0.3, -0.25) is 0 Å². The van der Waals surface area contributed by atoms with Gasteiger partial charge in [-0.15, -0.1) is 5.10 Å². The van der Waals surface area contributed by atoms with Crippen molar-refractivity contribution in [3.63, 3.8) is 0 Å². The highest BCUT2D eigenvalue weighted by molar-refractivity contribution is 9.10. The van der Waals surface area contributed by atoms with E-state index in [9.17, 15) is 0 Å². The summed E-state index contributed by atoms with van der Waals surface area (Å²) in [5.41, 5.74) is 2.21. The molecule has 0 bridgehead atoms. The first-order valence-electron chi connectivity index (χ1n) is 7.17. The van der Waals surface area contributed by atoms with Crippen molar-refractivity contribution in [1.82, 2.24) is 20.3 Å². The van der Waals surface area contributed by atoms with Crippen molar-refractivity contribution in [2.24, 2.45) is 0 Å². The number of hydrogen-bond acceptors (Lipinski definition) is 4. The number of aromatic nitrogens is 3. The molecule has 1 N–H and O–H groups in total. The quantitative estimate of drug-likeness (QED) is 0.900. The van der Waals surface area contributed by atoms with E-state index in [4.69, 9.17) is 4.74 Å². The van der Waals surface area contributed by atoms with Crippen LogP contribution < -0.4 is 10.1 Å². The maximum atomic E-state index is 5.95. The zero-order valence-corrected chi connectivity index (χ0v) is 13.8. The molecule has 0 saturated heterocycles. The van der Waals surface area contributed by atoms with E-state index in [1.807, 2.05) is 23.0 Å². The zero-order chi connectivity index (χ0) is 14.8. The lowest BCUT2D eigenvalue weighted by Gasteiger charge is -2.09. The van der Waals surface area contributed by atoms with E-state index < -0.39 is 0 Å². The molecule has 2 heterocycles. The molecular formula is C15H19BrN4O. The molecule has 1 aromatic heterocycles. The molecule has 1 unspecified atom stereocenters. The van der Waals surface area contributed by atoms with Crippen LogP contribution in [-0.2, 0) is 19.5 Å². The predicted octanol–water partition coefficient (Wildman–Crippen LogP) is 2.54. The molecule has 1 aliphatic heterocycles. The highest BCUT2D eigenvalue weighted by Crippen LogP contribution is 2.31. The summed E-state index contributed by atoms with van der Waals surface area (Å²) < 4.78 is 8.90. The number of nitrogens with one attached hydrogen (secondary N) is 1. The topological polar surface area (TPSA) is 52.0 Å². The zero-order valence-electron chi connectivity index (χ0n) is 12.2. The van der Waals surface area contributed by atoms with Crippen molar-refractivity contribution in [1.29, 1.82) is 0 Å². The Morgan fingerprint density at radius 2 is 2.33 bits per heavy atom. The number of halogens is 1. The van der Waals surface area contributed by atoms with E-state index in [2.05, 4.69) is 51.5 Å². The Balaban J connectivity index is 1.59. The summed E-state index contributed by atoms with van der Waals surface area (Å²) in [6.07, 6.45) is 3.02. The molecule has 0 radical (unpaired) electrons. The third kappa shape index (κ3) is 3.63. The van der Waals surface area contributed by atoms with Crippen molar-refractivity contribution < 1.29 is 4.74 Å². The summed E-state index contributed by atoms with van der Waals surface area (Å²) in [4.78, 5) is 0. The smallest absolute Gasteiger partial charge is 0.123 e. The normalized spacial score (nSPS) is 17.0. The van der Waals surface area contributed by atoms with Gasteiger partial charge in [-0.25, -0.2) is 4.68 Å². The Kier molecular flexibility index (Phi) is 4.26. The van der Waals surface area contributed by atoms with Gasteiger partial charge in [-0.05, 0) is 23.8 Å². The minimum absolute atomic E-state index is 0.127. The molecule has 1 atom stereocenters. The van der Waals surface area contributed by atoms with Gasteiger partial charge in [-0.2, -0.15) is 0 Å². The van der Waals surface area contributed by atoms with Gasteiger partial charge < -0.3 is 10.1 Å². The monoisotopic (exact) mass is 350 g/mol. The van der Waals surface area contributed by atoms with E-state index in [-0.39, 0.29) is 6.10 Å². The molecule has 1 aromatic carbocycles. The molecule has 21 heavy (non-hydrogen) atoms. The highest BCUT2D eigenvalue weighted by Gasteiger charge is 2.23. The van der Waals surface area contributed by atoms with Crippen LogP contribution in [0.2, 0.25) is 0 Å². The summed E-state index contributed by atoms with van der Waals surface area (Å²) in [5, 5.41) is 11.7. The fourth-order valence-corrected chi connectivity index (χ4v) is 2.83. The SMILES string of the molecule is CC(C)NCc1cn(CC2Cc3cc(Br)ccc3O2)nn1. The van der Waals surface area contributed by atoms with Gasteiger partial charge in [0, 0.05) is 29.7 Å². The molecule has 0 saturated carbocycles. The first-order valence-corrected chi connectivity index (χ1v) is 7.97. The van der Waals surface area contributed by atoms with Crippen LogP contribution >= 0.6 is 15.9 Å². The van der Waals surface area contributed by atoms with Crippen LogP contribution in [-0.4, -0.2) is 27.1 Å². The molecule has 2 aromatic rings. The summed E-state index contributed by atoms with van der Waals surface area (Å²) in [6, 6.07) is 6.58. The van der Waals surface area contributed by atoms with Gasteiger partial charge in [0.15, 0.2) is 0 Å². The summed E-state index contributed by atoms with van der Waals surface area (Å²) in [6.45, 7) is 5.70. The number of ether oxygens (including phenoxy) is 1. The van der Waals surface area contributed by atoms with Gasteiger partial charge in [0.1, 0.15) is 11.9 Å². The van der Waals surface area contributed by atoms with Crippen molar-refractivity contribution in [2.45, 2.75) is 45.5 Å². The average Bonchev–Trinajstić information content (AvgIpc) is 3.02. The number of benzene rings is 1. The molecule has 0 fully saturated rings. The fourth-order valence-electron chi connectivity index (χ4n) is 2.42. The lowest BCUT2D eigenvalue weighted by Crippen LogP contribution is -2.22. The molecule has 3 rings (SSSR count). The van der Waals surface area contributed by atoms with Crippen molar-refractivity contribution in [3.05, 3.63) is 40.1 Å². The Hall–Kier alpha value is -1.40. The molecule has 0 amide bonds. The van der Waals surface area contributed by atoms with E-state index in [0.29, 0.717) is 6.04 Å². The van der Waals surface area contributed by atoms with Crippen LogP contribution in [0.3, 0.4) is 0 Å². The Bertz CT molecular complexity index is 626. The third-order valence-corrected chi connectivity index (χ3v) is 3.93. The van der Waals surface area contributed by atoms with Crippen molar-refractivity contribution in [2.75, 3.05) is 0 Å². The molecule has 6 heteroatoms. The van der Waals surface area contributed by atoms with Crippen LogP contribution in [0.1, 0.15) is 25.1 Å². The molecule has 5 nitrogen and oxygen atoms in total. The first kappa shape index (κ1) is 14.5. The maximum absolute atomic E-state index is 5.95. The van der Waals surface area contributed by atoms with Gasteiger partial charge in [0.2, 0.25) is 0 Å². The molecule has 112 valence electrons. The Morgan fingerprint density at radius 1 is 1.48 bits per heavy atom. The lowest BCUT2D eigenvalue weighted by molar-refractivity contribution is 0.202. The second kappa shape index (κ2) is 6.15. The second-order valence-electron chi connectivity index (χ2n) is 5.66. The van der Waals surface area contributed by atoms with Crippen LogP contribution in [0.4, 0.5) is 0 Å². The van der Waals surface area contributed by atoms with Gasteiger partial charge in [0.05, 0.1) is 12.2 Å². The number of nitrogens with zero attached hydrogens (tertiary/aromatic N) is 3. The summed E-state index contributed by atoms with van der Waals surface area (Å²) in [5.74, 6) is 0.977. The largest absolute Gasteiger partial charge is 0.488 e. The minimum atomic E-state index is 0.127. The first-order chi connectivity index (χ1) is 10.1. The Labute approximate surface area is 132 Å². The lowest BCUT2D eigenvalue weighted by atomic mass is 10.1. The molecule has 0 aliphatic carbocycles. The predicted molar refractivity (Wildman–Crippen MR) is 84.3 cm³/mol. The third-order valence-electron chi connectivity index (χ3n) is 3.43.